The van der Waals surface area contributed by atoms with E-state index in [2.05, 4.69) is 15.3 Å². The van der Waals surface area contributed by atoms with Gasteiger partial charge in [0.2, 0.25) is 5.91 Å². The summed E-state index contributed by atoms with van der Waals surface area (Å²) in [5.74, 6) is 1.36. The first-order chi connectivity index (χ1) is 12.3. The van der Waals surface area contributed by atoms with Gasteiger partial charge in [0.05, 0.1) is 17.5 Å². The van der Waals surface area contributed by atoms with Crippen LogP contribution < -0.4 is 15.8 Å². The van der Waals surface area contributed by atoms with Gasteiger partial charge < -0.3 is 20.2 Å². The largest absolute Gasteiger partial charge is 0.489 e. The van der Waals surface area contributed by atoms with Gasteiger partial charge >= 0.3 is 0 Å². The summed E-state index contributed by atoms with van der Waals surface area (Å²) in [6, 6.07) is 5.02. The molecule has 0 fully saturated rings. The van der Waals surface area contributed by atoms with Gasteiger partial charge in [0, 0.05) is 17.9 Å². The van der Waals surface area contributed by atoms with E-state index in [0.29, 0.717) is 39.5 Å². The minimum absolute atomic E-state index is 0.0124. The first-order valence-corrected chi connectivity index (χ1v) is 8.99. The maximum absolute atomic E-state index is 11.5. The first kappa shape index (κ1) is 17.9. The summed E-state index contributed by atoms with van der Waals surface area (Å²) in [6.45, 7) is 7.54. The van der Waals surface area contributed by atoms with Crippen LogP contribution in [0.2, 0.25) is 0 Å². The number of primary amides is 1. The number of ether oxygens (including phenoxy) is 1. The van der Waals surface area contributed by atoms with Crippen LogP contribution in [0.1, 0.15) is 35.8 Å². The van der Waals surface area contributed by atoms with E-state index < -0.39 is 5.91 Å². The molecule has 0 saturated heterocycles. The van der Waals surface area contributed by atoms with Crippen LogP contribution in [0.4, 0.5) is 10.8 Å². The zero-order valence-corrected chi connectivity index (χ0v) is 15.8. The number of oxazole rings is 1. The number of hydrogen-bond donors (Lipinski definition) is 2. The number of anilines is 2. The lowest BCUT2D eigenvalue weighted by Gasteiger charge is -2.15. The fourth-order valence-corrected chi connectivity index (χ4v) is 3.16. The zero-order valence-electron chi connectivity index (χ0n) is 15.0. The van der Waals surface area contributed by atoms with Crippen LogP contribution in [-0.2, 0) is 0 Å². The minimum Gasteiger partial charge on any atom is -0.489 e. The lowest BCUT2D eigenvalue weighted by molar-refractivity contribution is 0.100. The maximum Gasteiger partial charge on any atom is 0.248 e. The molecule has 26 heavy (non-hydrogen) atoms. The second-order valence-electron chi connectivity index (χ2n) is 6.05. The number of amides is 1. The van der Waals surface area contributed by atoms with E-state index in [-0.39, 0.29) is 6.10 Å². The zero-order chi connectivity index (χ0) is 18.8. The van der Waals surface area contributed by atoms with Crippen molar-refractivity contribution in [1.82, 2.24) is 9.97 Å². The first-order valence-electron chi connectivity index (χ1n) is 8.11. The van der Waals surface area contributed by atoms with Crippen LogP contribution >= 0.6 is 11.3 Å². The minimum atomic E-state index is -0.503. The Kier molecular flexibility index (Phi) is 4.94. The van der Waals surface area contributed by atoms with Crippen LogP contribution in [0, 0.1) is 13.8 Å². The van der Waals surface area contributed by atoms with Gasteiger partial charge in [-0.05, 0) is 39.0 Å². The third-order valence-electron chi connectivity index (χ3n) is 3.51. The number of aromatic nitrogens is 2. The molecule has 0 spiro atoms. The molecule has 0 aliphatic carbocycles. The Balaban J connectivity index is 1.91. The summed E-state index contributed by atoms with van der Waals surface area (Å²) in [5.41, 5.74) is 7.90. The third-order valence-corrected chi connectivity index (χ3v) is 4.27. The van der Waals surface area contributed by atoms with Crippen LogP contribution in [0.25, 0.3) is 11.5 Å². The van der Waals surface area contributed by atoms with Gasteiger partial charge in [-0.1, -0.05) is 0 Å². The van der Waals surface area contributed by atoms with Gasteiger partial charge in [0.1, 0.15) is 11.4 Å². The average Bonchev–Trinajstić information content (AvgIpc) is 3.14. The highest BCUT2D eigenvalue weighted by atomic mass is 32.1. The van der Waals surface area contributed by atoms with Gasteiger partial charge in [0.15, 0.2) is 16.8 Å². The van der Waals surface area contributed by atoms with E-state index in [4.69, 9.17) is 14.9 Å². The summed E-state index contributed by atoms with van der Waals surface area (Å²) in [6.07, 6.45) is -0.0124. The number of nitrogens with one attached hydrogen (secondary N) is 1. The molecule has 1 amide bonds. The van der Waals surface area contributed by atoms with Crippen molar-refractivity contribution in [3.63, 3.8) is 0 Å². The van der Waals surface area contributed by atoms with Gasteiger partial charge in [-0.25, -0.2) is 9.97 Å². The van der Waals surface area contributed by atoms with E-state index >= 15 is 0 Å². The number of benzene rings is 1. The monoisotopic (exact) mass is 372 g/mol. The Morgan fingerprint density at radius 3 is 2.69 bits per heavy atom. The summed E-state index contributed by atoms with van der Waals surface area (Å²) >= 11 is 1.42. The second kappa shape index (κ2) is 7.17. The predicted octanol–water partition coefficient (Wildman–Crippen LogP) is 4.04. The highest BCUT2D eigenvalue weighted by Gasteiger charge is 2.15. The highest BCUT2D eigenvalue weighted by molar-refractivity contribution is 7.14. The number of rotatable bonds is 6. The van der Waals surface area contributed by atoms with Crippen molar-refractivity contribution in [1.29, 1.82) is 0 Å². The van der Waals surface area contributed by atoms with Crippen molar-refractivity contribution in [2.24, 2.45) is 5.73 Å². The Bertz CT molecular complexity index is 946. The van der Waals surface area contributed by atoms with E-state index in [1.165, 1.54) is 11.3 Å². The number of nitrogens with two attached hydrogens (primary N) is 1. The lowest BCUT2D eigenvalue weighted by atomic mass is 10.1. The lowest BCUT2D eigenvalue weighted by Crippen LogP contribution is -2.12. The Morgan fingerprint density at radius 1 is 1.31 bits per heavy atom. The molecule has 0 atom stereocenters. The Labute approximate surface area is 155 Å². The molecule has 3 aromatic rings. The fraction of sp³-hybridized carbons (Fsp3) is 0.278. The highest BCUT2D eigenvalue weighted by Crippen LogP contribution is 2.33. The number of nitrogens with zero attached hydrogens (tertiary/aromatic N) is 2. The normalized spacial score (nSPS) is 11.0. The number of hydrogen-bond acceptors (Lipinski definition) is 7. The van der Waals surface area contributed by atoms with Crippen LogP contribution in [0.3, 0.4) is 0 Å². The van der Waals surface area contributed by atoms with Crippen LogP contribution in [-0.4, -0.2) is 22.0 Å². The second-order valence-corrected chi connectivity index (χ2v) is 6.91. The fourth-order valence-electron chi connectivity index (χ4n) is 2.46. The molecule has 0 bridgehead atoms. The van der Waals surface area contributed by atoms with Gasteiger partial charge in [-0.3, -0.25) is 4.79 Å². The van der Waals surface area contributed by atoms with Gasteiger partial charge in [0.25, 0.3) is 0 Å². The number of carbonyl (C=O) groups is 1. The van der Waals surface area contributed by atoms with Crippen molar-refractivity contribution in [3.05, 3.63) is 40.7 Å². The number of carbonyl (C=O) groups excluding carboxylic acids is 1. The third kappa shape index (κ3) is 3.85. The molecule has 8 heteroatoms. The topological polar surface area (TPSA) is 103 Å². The smallest absolute Gasteiger partial charge is 0.248 e. The molecule has 0 radical (unpaired) electrons. The number of thiazole rings is 1. The molecule has 0 aliphatic heterocycles. The van der Waals surface area contributed by atoms with Crippen molar-refractivity contribution < 1.29 is 13.9 Å². The molecule has 2 aromatic heterocycles. The Hall–Kier alpha value is -2.87. The molecule has 3 rings (SSSR count). The summed E-state index contributed by atoms with van der Waals surface area (Å²) in [5, 5.41) is 5.73. The summed E-state index contributed by atoms with van der Waals surface area (Å²) in [4.78, 5) is 20.3. The predicted molar refractivity (Wildman–Crippen MR) is 101 cm³/mol. The van der Waals surface area contributed by atoms with Crippen LogP contribution in [0.15, 0.2) is 28.0 Å². The van der Waals surface area contributed by atoms with E-state index in [9.17, 15) is 4.79 Å². The molecule has 0 aliphatic rings. The maximum atomic E-state index is 11.5. The van der Waals surface area contributed by atoms with Crippen molar-refractivity contribution in [2.45, 2.75) is 33.8 Å². The average molecular weight is 372 g/mol. The quantitative estimate of drug-likeness (QED) is 0.677. The molecule has 136 valence electrons. The molecule has 3 N–H and O–H groups in total. The molecular formula is C18H20N4O3S. The molecule has 1 aromatic carbocycles. The standard InChI is InChI=1S/C18H20N4O3S/c1-9(2)24-15-6-5-12(17(19)23)7-13(15)21-18-22-14(8-26-18)16-10(3)20-11(4)25-16/h5-9H,1-4H3,(H2,19,23)(H,21,22). The molecule has 0 saturated carbocycles. The SMILES string of the molecule is Cc1nc(C)c(-c2csc(Nc3cc(C(N)=O)ccc3OC(C)C)n2)o1. The molecule has 7 nitrogen and oxygen atoms in total. The van der Waals surface area contributed by atoms with Crippen molar-refractivity contribution in [2.75, 3.05) is 5.32 Å². The summed E-state index contributed by atoms with van der Waals surface area (Å²) < 4.78 is 11.4. The van der Waals surface area contributed by atoms with E-state index in [0.717, 1.165) is 5.69 Å². The molecule has 2 heterocycles. The Morgan fingerprint density at radius 2 is 2.08 bits per heavy atom. The summed E-state index contributed by atoms with van der Waals surface area (Å²) in [7, 11) is 0. The van der Waals surface area contributed by atoms with Gasteiger partial charge in [-0.2, -0.15) is 0 Å². The van der Waals surface area contributed by atoms with E-state index in [1.807, 2.05) is 26.2 Å². The van der Waals surface area contributed by atoms with Crippen molar-refractivity contribution in [3.8, 4) is 17.2 Å². The van der Waals surface area contributed by atoms with E-state index in [1.54, 1.807) is 25.1 Å². The molecular weight excluding hydrogens is 352 g/mol. The van der Waals surface area contributed by atoms with Crippen molar-refractivity contribution >= 4 is 28.1 Å². The molecule has 0 unspecified atom stereocenters. The number of aryl methyl sites for hydroxylation is 2. The van der Waals surface area contributed by atoms with Crippen LogP contribution in [0.5, 0.6) is 5.75 Å². The van der Waals surface area contributed by atoms with Gasteiger partial charge in [-0.15, -0.1) is 11.3 Å².